The van der Waals surface area contributed by atoms with Crippen LogP contribution in [0.15, 0.2) is 29.3 Å². The summed E-state index contributed by atoms with van der Waals surface area (Å²) in [7, 11) is 0. The number of hydrogen-bond donors (Lipinski definition) is 1. The molecule has 6 rings (SSSR count). The first kappa shape index (κ1) is 21.4. The second-order valence-electron chi connectivity index (χ2n) is 10.5. The van der Waals surface area contributed by atoms with Crippen molar-refractivity contribution in [3.63, 3.8) is 0 Å². The lowest BCUT2D eigenvalue weighted by Gasteiger charge is -2.55. The molecule has 1 aromatic carbocycles. The predicted octanol–water partition coefficient (Wildman–Crippen LogP) is 5.73. The Bertz CT molecular complexity index is 798. The smallest absolute Gasteiger partial charge is 0.226 e. The van der Waals surface area contributed by atoms with Crippen LogP contribution in [0.3, 0.4) is 0 Å². The molecule has 1 aliphatic heterocycles. The van der Waals surface area contributed by atoms with Crippen LogP contribution in [0.4, 0.5) is 5.69 Å². The molecule has 1 heterocycles. The van der Waals surface area contributed by atoms with E-state index in [0.29, 0.717) is 6.42 Å². The van der Waals surface area contributed by atoms with Gasteiger partial charge >= 0.3 is 0 Å². The number of anilines is 1. The standard InChI is InChI=1S/C26H37N3OS/c1-3-9-29-23(13-24(30)27-22-7-5-18(4-2)6-8-22)17-31-25(29)28-26-14-19-10-20(15-26)12-21(11-19)16-26/h5-8,19-21,23H,3-4,9-17H2,1-2H3,(H,27,30). The Balaban J connectivity index is 1.26. The molecule has 1 amide bonds. The van der Waals surface area contributed by atoms with Crippen LogP contribution in [-0.4, -0.2) is 39.9 Å². The monoisotopic (exact) mass is 439 g/mol. The zero-order valence-electron chi connectivity index (χ0n) is 19.1. The van der Waals surface area contributed by atoms with Gasteiger partial charge in [-0.25, -0.2) is 0 Å². The number of nitrogens with one attached hydrogen (secondary N) is 1. The number of carbonyl (C=O) groups excluding carboxylic acids is 1. The van der Waals surface area contributed by atoms with E-state index in [1.54, 1.807) is 0 Å². The van der Waals surface area contributed by atoms with Crippen molar-refractivity contribution >= 4 is 28.5 Å². The third-order valence-electron chi connectivity index (χ3n) is 7.96. The maximum absolute atomic E-state index is 12.8. The van der Waals surface area contributed by atoms with Gasteiger partial charge in [0.25, 0.3) is 0 Å². The molecule has 0 radical (unpaired) electrons. The number of nitrogens with zero attached hydrogens (tertiary/aromatic N) is 2. The highest BCUT2D eigenvalue weighted by Gasteiger charge is 2.51. The van der Waals surface area contributed by atoms with E-state index >= 15 is 0 Å². The quantitative estimate of drug-likeness (QED) is 0.590. The first-order chi connectivity index (χ1) is 15.1. The Kier molecular flexibility index (Phi) is 6.07. The summed E-state index contributed by atoms with van der Waals surface area (Å²) in [5.41, 5.74) is 2.41. The Morgan fingerprint density at radius 3 is 2.32 bits per heavy atom. The molecular formula is C26H37N3OS. The molecule has 0 spiro atoms. The van der Waals surface area contributed by atoms with Crippen LogP contribution in [0.2, 0.25) is 0 Å². The molecule has 1 atom stereocenters. The minimum atomic E-state index is 0.118. The average Bonchev–Trinajstić information content (AvgIpc) is 3.08. The van der Waals surface area contributed by atoms with Gasteiger partial charge in [-0.2, -0.15) is 0 Å². The van der Waals surface area contributed by atoms with Crippen LogP contribution in [0.25, 0.3) is 0 Å². The summed E-state index contributed by atoms with van der Waals surface area (Å²) in [5.74, 6) is 3.85. The van der Waals surface area contributed by atoms with Crippen molar-refractivity contribution in [2.75, 3.05) is 17.6 Å². The van der Waals surface area contributed by atoms with Gasteiger partial charge in [0.15, 0.2) is 5.17 Å². The van der Waals surface area contributed by atoms with Crippen molar-refractivity contribution in [2.24, 2.45) is 22.7 Å². The molecule has 1 aromatic rings. The number of thioether (sulfide) groups is 1. The molecule has 5 fully saturated rings. The number of benzene rings is 1. The fourth-order valence-electron chi connectivity index (χ4n) is 6.94. The fourth-order valence-corrected chi connectivity index (χ4v) is 8.24. The average molecular weight is 440 g/mol. The topological polar surface area (TPSA) is 44.7 Å². The van der Waals surface area contributed by atoms with Crippen LogP contribution in [0.5, 0.6) is 0 Å². The molecule has 4 bridgehead atoms. The van der Waals surface area contributed by atoms with E-state index in [2.05, 4.69) is 36.2 Å². The third kappa shape index (κ3) is 4.53. The van der Waals surface area contributed by atoms with Gasteiger partial charge in [0.05, 0.1) is 5.54 Å². The largest absolute Gasteiger partial charge is 0.347 e. The lowest BCUT2D eigenvalue weighted by atomic mass is 9.53. The summed E-state index contributed by atoms with van der Waals surface area (Å²) < 4.78 is 0. The van der Waals surface area contributed by atoms with Gasteiger partial charge < -0.3 is 10.2 Å². The summed E-state index contributed by atoms with van der Waals surface area (Å²) in [4.78, 5) is 20.8. The summed E-state index contributed by atoms with van der Waals surface area (Å²) in [6.07, 6.45) is 10.9. The fraction of sp³-hybridized carbons (Fsp3) is 0.692. The van der Waals surface area contributed by atoms with Crippen LogP contribution in [0.1, 0.15) is 70.8 Å². The Labute approximate surface area is 191 Å². The molecule has 168 valence electrons. The number of aryl methyl sites for hydroxylation is 1. The second-order valence-corrected chi connectivity index (χ2v) is 11.5. The van der Waals surface area contributed by atoms with E-state index in [1.807, 2.05) is 23.9 Å². The van der Waals surface area contributed by atoms with Crippen molar-refractivity contribution in [1.29, 1.82) is 0 Å². The summed E-state index contributed by atoms with van der Waals surface area (Å²) in [5, 5.41) is 4.34. The van der Waals surface area contributed by atoms with Crippen molar-refractivity contribution in [3.8, 4) is 0 Å². The van der Waals surface area contributed by atoms with Crippen LogP contribution < -0.4 is 5.32 Å². The molecule has 0 aromatic heterocycles. The molecule has 5 aliphatic rings. The van der Waals surface area contributed by atoms with E-state index in [9.17, 15) is 4.79 Å². The van der Waals surface area contributed by atoms with E-state index in [0.717, 1.165) is 48.6 Å². The highest BCUT2D eigenvalue weighted by Crippen LogP contribution is 2.57. The maximum Gasteiger partial charge on any atom is 0.226 e. The van der Waals surface area contributed by atoms with Crippen molar-refractivity contribution in [1.82, 2.24) is 4.90 Å². The van der Waals surface area contributed by atoms with Gasteiger partial charge in [0.2, 0.25) is 5.91 Å². The second kappa shape index (κ2) is 8.80. The Morgan fingerprint density at radius 1 is 1.10 bits per heavy atom. The zero-order chi connectivity index (χ0) is 21.4. The molecule has 1 unspecified atom stereocenters. The first-order valence-electron chi connectivity index (χ1n) is 12.4. The summed E-state index contributed by atoms with van der Waals surface area (Å²) in [6.45, 7) is 5.38. The summed E-state index contributed by atoms with van der Waals surface area (Å²) >= 11 is 1.90. The van der Waals surface area contributed by atoms with Gasteiger partial charge in [-0.1, -0.05) is 37.7 Å². The van der Waals surface area contributed by atoms with Gasteiger partial charge in [-0.15, -0.1) is 0 Å². The zero-order valence-corrected chi connectivity index (χ0v) is 19.9. The van der Waals surface area contributed by atoms with Gasteiger partial charge in [0.1, 0.15) is 0 Å². The minimum Gasteiger partial charge on any atom is -0.347 e. The van der Waals surface area contributed by atoms with Crippen LogP contribution in [0, 0.1) is 17.8 Å². The summed E-state index contributed by atoms with van der Waals surface area (Å²) in [6, 6.07) is 8.49. The molecule has 4 saturated carbocycles. The highest BCUT2D eigenvalue weighted by molar-refractivity contribution is 8.14. The first-order valence-corrected chi connectivity index (χ1v) is 13.4. The SMILES string of the molecule is CCCN1C(=NC23CC4CC(CC(C4)C2)C3)SCC1CC(=O)Nc1ccc(CC)cc1. The number of rotatable bonds is 7. The number of aliphatic imine (C=N–C) groups is 1. The molecule has 31 heavy (non-hydrogen) atoms. The van der Waals surface area contributed by atoms with Gasteiger partial charge in [0, 0.05) is 30.4 Å². The normalized spacial score (nSPS) is 35.2. The number of hydrogen-bond acceptors (Lipinski definition) is 3. The molecule has 4 aliphatic carbocycles. The van der Waals surface area contributed by atoms with Gasteiger partial charge in [-0.05, 0) is 86.8 Å². The maximum atomic E-state index is 12.8. The van der Waals surface area contributed by atoms with Gasteiger partial charge in [-0.3, -0.25) is 9.79 Å². The van der Waals surface area contributed by atoms with Crippen LogP contribution in [-0.2, 0) is 11.2 Å². The third-order valence-corrected chi connectivity index (χ3v) is 9.10. The van der Waals surface area contributed by atoms with Crippen LogP contribution >= 0.6 is 11.8 Å². The van der Waals surface area contributed by atoms with Crippen molar-refractivity contribution < 1.29 is 4.79 Å². The lowest BCUT2D eigenvalue weighted by molar-refractivity contribution is -0.116. The highest BCUT2D eigenvalue weighted by atomic mass is 32.2. The number of amidine groups is 1. The van der Waals surface area contributed by atoms with E-state index in [4.69, 9.17) is 4.99 Å². The number of carbonyl (C=O) groups is 1. The molecular weight excluding hydrogens is 402 g/mol. The minimum absolute atomic E-state index is 0.118. The predicted molar refractivity (Wildman–Crippen MR) is 131 cm³/mol. The Hall–Kier alpha value is -1.49. The molecule has 1 N–H and O–H groups in total. The molecule has 1 saturated heterocycles. The molecule has 4 nitrogen and oxygen atoms in total. The van der Waals surface area contributed by atoms with E-state index < -0.39 is 0 Å². The van der Waals surface area contributed by atoms with Crippen molar-refractivity contribution in [2.45, 2.75) is 83.2 Å². The molecule has 5 heteroatoms. The van der Waals surface area contributed by atoms with Crippen molar-refractivity contribution in [3.05, 3.63) is 29.8 Å². The number of amides is 1. The van der Waals surface area contributed by atoms with E-state index in [1.165, 1.54) is 49.3 Å². The Morgan fingerprint density at radius 2 is 1.74 bits per heavy atom. The lowest BCUT2D eigenvalue weighted by Crippen LogP contribution is -2.50. The van der Waals surface area contributed by atoms with E-state index in [-0.39, 0.29) is 17.5 Å².